The average Bonchev–Trinajstić information content (AvgIpc) is 3.66. The second kappa shape index (κ2) is 16.1. The van der Waals surface area contributed by atoms with Crippen LogP contribution in [0.15, 0.2) is 55.1 Å². The Labute approximate surface area is 325 Å². The SMILES string of the molecule is C1=CC(O[n+]2ccncc2)c2ccccc21.Fc1c(F)c(F)c([B-](c2c(F)c(F)c(F)c(F)c2F)(c2c(F)c(F)c(F)c(F)c2F)c2c(F)c(F)c(F)c(F)c2F)c(F)c1F. The molecule has 1 atom stereocenters. The highest BCUT2D eigenvalue weighted by Crippen LogP contribution is 2.31. The zero-order chi connectivity index (χ0) is 45.2. The molecular weight excluding hydrogens is 879 g/mol. The van der Waals surface area contributed by atoms with E-state index in [4.69, 9.17) is 4.84 Å². The summed E-state index contributed by atoms with van der Waals surface area (Å²) in [5.74, 6) is -71.4. The predicted octanol–water partition coefficient (Wildman–Crippen LogP) is 7.41. The molecule has 1 aliphatic carbocycles. The molecule has 1 aromatic heterocycles. The van der Waals surface area contributed by atoms with Crippen molar-refractivity contribution in [2.75, 3.05) is 0 Å². The summed E-state index contributed by atoms with van der Waals surface area (Å²) in [4.78, 5) is 9.74. The van der Waals surface area contributed by atoms with Crippen molar-refractivity contribution in [1.29, 1.82) is 0 Å². The highest BCUT2D eigenvalue weighted by atomic mass is 19.2. The van der Waals surface area contributed by atoms with E-state index in [1.807, 2.05) is 12.1 Å². The number of halogens is 20. The van der Waals surface area contributed by atoms with Crippen molar-refractivity contribution < 1.29 is 97.4 Å². The van der Waals surface area contributed by atoms with Crippen molar-refractivity contribution in [2.45, 2.75) is 6.10 Å². The largest absolute Gasteiger partial charge is 0.259 e. The minimum absolute atomic E-state index is 0.0106. The van der Waals surface area contributed by atoms with Gasteiger partial charge in [-0.15, -0.1) is 21.9 Å². The number of hydrogen-bond acceptors (Lipinski definition) is 2. The van der Waals surface area contributed by atoms with Gasteiger partial charge in [0.2, 0.25) is 18.5 Å². The summed E-state index contributed by atoms with van der Waals surface area (Å²) in [6.07, 6.45) is 3.88. The molecule has 1 heterocycles. The molecule has 0 radical (unpaired) electrons. The zero-order valence-electron chi connectivity index (χ0n) is 28.8. The summed E-state index contributed by atoms with van der Waals surface area (Å²) >= 11 is 0. The van der Waals surface area contributed by atoms with Gasteiger partial charge in [0.15, 0.2) is 69.8 Å². The lowest BCUT2D eigenvalue weighted by Crippen LogP contribution is -2.81. The van der Waals surface area contributed by atoms with Gasteiger partial charge in [-0.3, -0.25) is 9.82 Å². The molecular formula is C37H11BF20N2O. The Bertz CT molecular complexity index is 2420. The molecule has 1 aliphatic rings. The first kappa shape index (κ1) is 44.0. The van der Waals surface area contributed by atoms with E-state index in [-0.39, 0.29) is 6.10 Å². The molecule has 7 rings (SSSR count). The van der Waals surface area contributed by atoms with E-state index in [1.54, 1.807) is 29.5 Å². The monoisotopic (exact) mass is 890 g/mol. The third-order valence-corrected chi connectivity index (χ3v) is 9.29. The predicted molar refractivity (Wildman–Crippen MR) is 168 cm³/mol. The number of rotatable bonds is 6. The van der Waals surface area contributed by atoms with Crippen molar-refractivity contribution in [2.24, 2.45) is 0 Å². The van der Waals surface area contributed by atoms with Crippen molar-refractivity contribution in [1.82, 2.24) is 4.98 Å². The normalized spacial score (nSPS) is 13.3. The molecule has 61 heavy (non-hydrogen) atoms. The maximum atomic E-state index is 15.4. The minimum Gasteiger partial charge on any atom is -0.259 e. The number of fused-ring (bicyclic) bond motifs is 1. The molecule has 0 aliphatic heterocycles. The summed E-state index contributed by atoms with van der Waals surface area (Å²) in [7, 11) is 0. The summed E-state index contributed by atoms with van der Waals surface area (Å²) in [5, 5.41) is 0. The van der Waals surface area contributed by atoms with Gasteiger partial charge >= 0.3 is 0 Å². The van der Waals surface area contributed by atoms with Gasteiger partial charge in [0.25, 0.3) is 0 Å². The molecule has 0 bridgehead atoms. The summed E-state index contributed by atoms with van der Waals surface area (Å²) in [6.45, 7) is 0. The molecule has 0 amide bonds. The maximum Gasteiger partial charge on any atom is 0.240 e. The van der Waals surface area contributed by atoms with Crippen LogP contribution in [0.5, 0.6) is 0 Å². The number of nitrogens with zero attached hydrogens (tertiary/aromatic N) is 2. The molecule has 5 aromatic carbocycles. The molecule has 3 nitrogen and oxygen atoms in total. The lowest BCUT2D eigenvalue weighted by Gasteiger charge is -2.44. The molecule has 0 saturated heterocycles. The molecule has 0 spiro atoms. The van der Waals surface area contributed by atoms with Crippen molar-refractivity contribution in [3.05, 3.63) is 183 Å². The molecule has 0 N–H and O–H groups in total. The summed E-state index contributed by atoms with van der Waals surface area (Å²) < 4.78 is 296. The van der Waals surface area contributed by atoms with Gasteiger partial charge in [0.1, 0.15) is 52.7 Å². The topological polar surface area (TPSA) is 26.0 Å². The number of hydrogen-bond donors (Lipinski definition) is 0. The van der Waals surface area contributed by atoms with Crippen LogP contribution in [-0.4, -0.2) is 11.1 Å². The van der Waals surface area contributed by atoms with Gasteiger partial charge < -0.3 is 0 Å². The van der Waals surface area contributed by atoms with Crippen molar-refractivity contribution >= 4 is 34.1 Å². The van der Waals surface area contributed by atoms with E-state index in [0.29, 0.717) is 0 Å². The fraction of sp³-hybridized carbons (Fsp3) is 0.0270. The Kier molecular flexibility index (Phi) is 11.6. The molecule has 318 valence electrons. The van der Waals surface area contributed by atoms with Gasteiger partial charge in [-0.25, -0.2) is 87.8 Å². The van der Waals surface area contributed by atoms with Gasteiger partial charge in [-0.2, -0.15) is 0 Å². The smallest absolute Gasteiger partial charge is 0.240 e. The second-order valence-electron chi connectivity index (χ2n) is 12.4. The van der Waals surface area contributed by atoms with Crippen LogP contribution in [-0.2, 0) is 0 Å². The summed E-state index contributed by atoms with van der Waals surface area (Å²) in [5.41, 5.74) is -11.9. The summed E-state index contributed by atoms with van der Waals surface area (Å²) in [6, 6.07) is 8.23. The van der Waals surface area contributed by atoms with Gasteiger partial charge in [0, 0.05) is 10.3 Å². The van der Waals surface area contributed by atoms with Gasteiger partial charge in [-0.05, 0) is 11.6 Å². The molecule has 6 aromatic rings. The van der Waals surface area contributed by atoms with E-state index in [9.17, 15) is 52.7 Å². The molecule has 0 saturated carbocycles. The Morgan fingerprint density at radius 1 is 0.393 bits per heavy atom. The Morgan fingerprint density at radius 2 is 0.672 bits per heavy atom. The fourth-order valence-electron chi connectivity index (χ4n) is 6.69. The molecule has 24 heteroatoms. The quantitative estimate of drug-likeness (QED) is 0.0573. The van der Waals surface area contributed by atoms with E-state index < -0.39 is 144 Å². The fourth-order valence-corrected chi connectivity index (χ4v) is 6.69. The number of benzene rings is 5. The highest BCUT2D eigenvalue weighted by molar-refractivity contribution is 7.20. The molecule has 0 fully saturated rings. The van der Waals surface area contributed by atoms with Crippen LogP contribution in [0, 0.1) is 116 Å². The Balaban J connectivity index is 0.000000321. The van der Waals surface area contributed by atoms with Crippen LogP contribution < -0.4 is 31.4 Å². The van der Waals surface area contributed by atoms with Crippen LogP contribution in [0.2, 0.25) is 0 Å². The molecule has 1 unspecified atom stereocenters. The first-order valence-electron chi connectivity index (χ1n) is 16.1. The van der Waals surface area contributed by atoms with Crippen molar-refractivity contribution in [3.63, 3.8) is 0 Å². The van der Waals surface area contributed by atoms with E-state index >= 15 is 35.1 Å². The Hall–Kier alpha value is -6.62. The standard InChI is InChI=1S/C24BF20.C13H11N2O/c26-5-1(6(27)14(35)21(42)13(5)34)25(2-7(28)15(36)22(43)16(37)8(2)29,3-9(30)17(38)23(44)18(39)10(3)31)4-11(32)19(40)24(45)20(41)12(4)33;1-2-4-12-11(3-1)5-6-13(12)16-15-9-7-14-8-10-15/h;1-10,13H/q-1;+1. The Morgan fingerprint density at radius 3 is 0.984 bits per heavy atom. The van der Waals surface area contributed by atoms with Crippen LogP contribution in [0.3, 0.4) is 0 Å². The third-order valence-electron chi connectivity index (χ3n) is 9.29. The van der Waals surface area contributed by atoms with E-state index in [2.05, 4.69) is 29.3 Å². The van der Waals surface area contributed by atoms with Crippen molar-refractivity contribution in [3.8, 4) is 0 Å². The lowest BCUT2D eigenvalue weighted by atomic mass is 9.12. The second-order valence-corrected chi connectivity index (χ2v) is 12.4. The zero-order valence-corrected chi connectivity index (χ0v) is 28.8. The van der Waals surface area contributed by atoms with Crippen LogP contribution >= 0.6 is 0 Å². The van der Waals surface area contributed by atoms with Crippen LogP contribution in [0.25, 0.3) is 6.08 Å². The minimum atomic E-state index is -7.22. The van der Waals surface area contributed by atoms with E-state index in [0.717, 1.165) is 0 Å². The van der Waals surface area contributed by atoms with Gasteiger partial charge in [-0.1, -0.05) is 30.3 Å². The average molecular weight is 890 g/mol. The van der Waals surface area contributed by atoms with Gasteiger partial charge in [0.05, 0.1) is 12.4 Å². The van der Waals surface area contributed by atoms with Crippen LogP contribution in [0.1, 0.15) is 17.2 Å². The lowest BCUT2D eigenvalue weighted by molar-refractivity contribution is -0.899. The van der Waals surface area contributed by atoms with E-state index in [1.165, 1.54) is 11.1 Å². The number of aromatic nitrogens is 2. The van der Waals surface area contributed by atoms with Crippen LogP contribution in [0.4, 0.5) is 87.8 Å². The first-order valence-corrected chi connectivity index (χ1v) is 16.1. The highest BCUT2D eigenvalue weighted by Gasteiger charge is 2.52. The first-order chi connectivity index (χ1) is 28.6. The third kappa shape index (κ3) is 6.67. The maximum absolute atomic E-state index is 15.4.